The van der Waals surface area contributed by atoms with E-state index in [9.17, 15) is 14.7 Å². The Kier molecular flexibility index (Phi) is 5.74. The van der Waals surface area contributed by atoms with E-state index in [0.29, 0.717) is 19.4 Å². The van der Waals surface area contributed by atoms with Crippen molar-refractivity contribution >= 4 is 23.2 Å². The van der Waals surface area contributed by atoms with Crippen LogP contribution in [0.2, 0.25) is 0 Å². The van der Waals surface area contributed by atoms with Crippen LogP contribution in [0.1, 0.15) is 30.2 Å². The van der Waals surface area contributed by atoms with Gasteiger partial charge >= 0.3 is 0 Å². The minimum atomic E-state index is -1.15. The van der Waals surface area contributed by atoms with Crippen LogP contribution in [0, 0.1) is 0 Å². The van der Waals surface area contributed by atoms with Crippen LogP contribution < -0.4 is 5.32 Å². The van der Waals surface area contributed by atoms with E-state index < -0.39 is 11.6 Å². The number of hydrogen-bond acceptors (Lipinski definition) is 4. The van der Waals surface area contributed by atoms with Gasteiger partial charge in [-0.2, -0.15) is 0 Å². The zero-order valence-corrected chi connectivity index (χ0v) is 15.7. The summed E-state index contributed by atoms with van der Waals surface area (Å²) in [4.78, 5) is 27.9. The van der Waals surface area contributed by atoms with Crippen molar-refractivity contribution in [2.45, 2.75) is 37.8 Å². The molecule has 2 unspecified atom stereocenters. The molecular weight excluding hydrogens is 348 g/mol. The maximum absolute atomic E-state index is 12.6. The van der Waals surface area contributed by atoms with Crippen LogP contribution in [0.4, 0.5) is 0 Å². The van der Waals surface area contributed by atoms with Gasteiger partial charge in [0.15, 0.2) is 0 Å². The Morgan fingerprint density at radius 3 is 2.73 bits per heavy atom. The maximum atomic E-state index is 12.6. The molecule has 2 N–H and O–H groups in total. The molecule has 138 valence electrons. The summed E-state index contributed by atoms with van der Waals surface area (Å²) in [6.45, 7) is 2.40. The fraction of sp³-hybridized carbons (Fsp3) is 0.400. The molecule has 1 aromatic heterocycles. The molecule has 0 aliphatic carbocycles. The molecule has 0 saturated carbocycles. The van der Waals surface area contributed by atoms with Gasteiger partial charge in [0, 0.05) is 11.4 Å². The highest BCUT2D eigenvalue weighted by Crippen LogP contribution is 2.22. The van der Waals surface area contributed by atoms with Crippen LogP contribution in [0.3, 0.4) is 0 Å². The lowest BCUT2D eigenvalue weighted by Gasteiger charge is -2.27. The van der Waals surface area contributed by atoms with Gasteiger partial charge < -0.3 is 15.3 Å². The van der Waals surface area contributed by atoms with Crippen molar-refractivity contribution in [3.05, 3.63) is 58.3 Å². The fourth-order valence-corrected chi connectivity index (χ4v) is 3.97. The number of carbonyl (C=O) groups is 2. The number of hydrogen-bond donors (Lipinski definition) is 2. The minimum Gasteiger partial charge on any atom is -0.384 e. The molecular formula is C20H24N2O3S. The highest BCUT2D eigenvalue weighted by atomic mass is 32.1. The highest BCUT2D eigenvalue weighted by molar-refractivity contribution is 7.10. The van der Waals surface area contributed by atoms with Crippen molar-refractivity contribution in [1.29, 1.82) is 0 Å². The Bertz CT molecular complexity index is 744. The topological polar surface area (TPSA) is 69.6 Å². The molecule has 5 nitrogen and oxygen atoms in total. The summed E-state index contributed by atoms with van der Waals surface area (Å²) in [6, 6.07) is 12.7. The standard InChI is InChI=1S/C20H24N2O3S/c1-20(25,15-7-3-2-4-8-15)14-21-19(24)17-10-5-11-22(17)18(23)13-16-9-6-12-26-16/h2-4,6-9,12,17,25H,5,10-11,13-14H2,1H3,(H,21,24). The van der Waals surface area contributed by atoms with Gasteiger partial charge in [0.2, 0.25) is 11.8 Å². The molecule has 2 heterocycles. The van der Waals surface area contributed by atoms with Crippen LogP contribution in [0.15, 0.2) is 47.8 Å². The molecule has 26 heavy (non-hydrogen) atoms. The number of nitrogens with one attached hydrogen (secondary N) is 1. The molecule has 1 aliphatic heterocycles. The second-order valence-corrected chi connectivity index (χ2v) is 7.89. The first-order valence-electron chi connectivity index (χ1n) is 8.85. The van der Waals surface area contributed by atoms with Crippen molar-refractivity contribution in [3.63, 3.8) is 0 Å². The predicted molar refractivity (Wildman–Crippen MR) is 102 cm³/mol. The molecule has 2 aromatic rings. The maximum Gasteiger partial charge on any atom is 0.242 e. The molecule has 1 saturated heterocycles. The second kappa shape index (κ2) is 8.01. The molecule has 1 aliphatic rings. The summed E-state index contributed by atoms with van der Waals surface area (Å²) in [5.41, 5.74) is -0.404. The summed E-state index contributed by atoms with van der Waals surface area (Å²) in [5.74, 6) is -0.210. The van der Waals surface area contributed by atoms with Gasteiger partial charge in [-0.15, -0.1) is 11.3 Å². The van der Waals surface area contributed by atoms with E-state index in [-0.39, 0.29) is 18.4 Å². The van der Waals surface area contributed by atoms with Gasteiger partial charge in [-0.25, -0.2) is 0 Å². The number of rotatable bonds is 6. The summed E-state index contributed by atoms with van der Waals surface area (Å²) in [5, 5.41) is 15.4. The van der Waals surface area contributed by atoms with E-state index in [0.717, 1.165) is 16.9 Å². The van der Waals surface area contributed by atoms with Crippen LogP contribution in [0.5, 0.6) is 0 Å². The van der Waals surface area contributed by atoms with E-state index in [1.54, 1.807) is 23.2 Å². The van der Waals surface area contributed by atoms with Crippen molar-refractivity contribution in [1.82, 2.24) is 10.2 Å². The zero-order chi connectivity index (χ0) is 18.6. The van der Waals surface area contributed by atoms with Gasteiger partial charge in [-0.3, -0.25) is 9.59 Å². The third kappa shape index (κ3) is 4.31. The van der Waals surface area contributed by atoms with Crippen LogP contribution >= 0.6 is 11.3 Å². The zero-order valence-electron chi connectivity index (χ0n) is 14.9. The Morgan fingerprint density at radius 1 is 1.27 bits per heavy atom. The Balaban J connectivity index is 1.59. The van der Waals surface area contributed by atoms with Gasteiger partial charge in [0.1, 0.15) is 11.6 Å². The van der Waals surface area contributed by atoms with Crippen molar-refractivity contribution in [2.24, 2.45) is 0 Å². The Labute approximate surface area is 157 Å². The summed E-state index contributed by atoms with van der Waals surface area (Å²) < 4.78 is 0. The summed E-state index contributed by atoms with van der Waals surface area (Å²) in [7, 11) is 0. The highest BCUT2D eigenvalue weighted by Gasteiger charge is 2.35. The average molecular weight is 372 g/mol. The van der Waals surface area contributed by atoms with Crippen molar-refractivity contribution in [2.75, 3.05) is 13.1 Å². The number of thiophene rings is 1. The second-order valence-electron chi connectivity index (χ2n) is 6.86. The smallest absolute Gasteiger partial charge is 0.242 e. The van der Waals surface area contributed by atoms with Crippen LogP contribution in [-0.2, 0) is 21.6 Å². The first-order valence-corrected chi connectivity index (χ1v) is 9.73. The van der Waals surface area contributed by atoms with Crippen molar-refractivity contribution < 1.29 is 14.7 Å². The third-order valence-electron chi connectivity index (χ3n) is 4.78. The SMILES string of the molecule is CC(O)(CNC(=O)C1CCCN1C(=O)Cc1cccs1)c1ccccc1. The number of nitrogens with zero attached hydrogens (tertiary/aromatic N) is 1. The van der Waals surface area contributed by atoms with E-state index in [2.05, 4.69) is 5.32 Å². The number of likely N-dealkylation sites (tertiary alicyclic amines) is 1. The lowest BCUT2D eigenvalue weighted by molar-refractivity contribution is -0.138. The summed E-state index contributed by atoms with van der Waals surface area (Å²) in [6.07, 6.45) is 1.82. The Morgan fingerprint density at radius 2 is 2.04 bits per heavy atom. The number of amides is 2. The molecule has 1 aromatic carbocycles. The van der Waals surface area contributed by atoms with E-state index >= 15 is 0 Å². The fourth-order valence-electron chi connectivity index (χ4n) is 3.28. The van der Waals surface area contributed by atoms with Crippen LogP contribution in [0.25, 0.3) is 0 Å². The molecule has 0 spiro atoms. The van der Waals surface area contributed by atoms with E-state index in [1.807, 2.05) is 47.8 Å². The molecule has 0 bridgehead atoms. The van der Waals surface area contributed by atoms with E-state index in [4.69, 9.17) is 0 Å². The quantitative estimate of drug-likeness (QED) is 0.818. The number of aliphatic hydroxyl groups is 1. The van der Waals surface area contributed by atoms with Gasteiger partial charge in [0.05, 0.1) is 13.0 Å². The summed E-state index contributed by atoms with van der Waals surface area (Å²) >= 11 is 1.55. The van der Waals surface area contributed by atoms with Gasteiger partial charge in [-0.05, 0) is 36.8 Å². The number of carbonyl (C=O) groups excluding carboxylic acids is 2. The molecule has 2 amide bonds. The molecule has 2 atom stereocenters. The van der Waals surface area contributed by atoms with Crippen LogP contribution in [-0.4, -0.2) is 41.0 Å². The lowest BCUT2D eigenvalue weighted by Crippen LogP contribution is -2.49. The first kappa shape index (κ1) is 18.6. The van der Waals surface area contributed by atoms with Crippen molar-refractivity contribution in [3.8, 4) is 0 Å². The first-order chi connectivity index (χ1) is 12.5. The monoisotopic (exact) mass is 372 g/mol. The third-order valence-corrected chi connectivity index (χ3v) is 5.66. The molecule has 0 radical (unpaired) electrons. The normalized spacial score (nSPS) is 19.2. The Hall–Kier alpha value is -2.18. The van der Waals surface area contributed by atoms with Gasteiger partial charge in [0.25, 0.3) is 0 Å². The van der Waals surface area contributed by atoms with E-state index in [1.165, 1.54) is 0 Å². The predicted octanol–water partition coefficient (Wildman–Crippen LogP) is 2.31. The minimum absolute atomic E-state index is 0.0140. The molecule has 1 fully saturated rings. The molecule has 3 rings (SSSR count). The lowest BCUT2D eigenvalue weighted by atomic mass is 9.96. The number of benzene rings is 1. The molecule has 6 heteroatoms. The average Bonchev–Trinajstić information content (AvgIpc) is 3.32. The largest absolute Gasteiger partial charge is 0.384 e. The van der Waals surface area contributed by atoms with Gasteiger partial charge in [-0.1, -0.05) is 36.4 Å².